The number of hydrogen-bond donors (Lipinski definition) is 2. The summed E-state index contributed by atoms with van der Waals surface area (Å²) >= 11 is 9.05. The lowest BCUT2D eigenvalue weighted by atomic mass is 9.98. The van der Waals surface area contributed by atoms with E-state index in [0.717, 1.165) is 0 Å². The molecule has 0 saturated heterocycles. The van der Waals surface area contributed by atoms with Gasteiger partial charge in [-0.3, -0.25) is 4.79 Å². The second-order valence-electron chi connectivity index (χ2n) is 3.66. The Morgan fingerprint density at radius 3 is 2.69 bits per heavy atom. The SMILES string of the molecule is CC(CC(O)c1ccc(Cl)cc1Br)C(=O)O. The maximum absolute atomic E-state index is 10.7. The zero-order valence-corrected chi connectivity index (χ0v) is 11.0. The first kappa shape index (κ1) is 13.5. The molecule has 0 spiro atoms. The van der Waals surface area contributed by atoms with E-state index in [1.807, 2.05) is 0 Å². The number of aliphatic hydroxyl groups excluding tert-OH is 1. The summed E-state index contributed by atoms with van der Waals surface area (Å²) in [4.78, 5) is 10.7. The first-order valence-corrected chi connectivity index (χ1v) is 5.94. The predicted octanol–water partition coefficient (Wildman–Crippen LogP) is 3.25. The van der Waals surface area contributed by atoms with E-state index in [9.17, 15) is 9.90 Å². The van der Waals surface area contributed by atoms with Gasteiger partial charge in [-0.05, 0) is 24.1 Å². The molecule has 0 aromatic heterocycles. The quantitative estimate of drug-likeness (QED) is 0.898. The van der Waals surface area contributed by atoms with Crippen molar-refractivity contribution in [3.63, 3.8) is 0 Å². The maximum Gasteiger partial charge on any atom is 0.306 e. The number of halogens is 2. The summed E-state index contributed by atoms with van der Waals surface area (Å²) in [6, 6.07) is 5.02. The Bertz CT molecular complexity index is 395. The number of rotatable bonds is 4. The molecule has 3 nitrogen and oxygen atoms in total. The van der Waals surface area contributed by atoms with Crippen LogP contribution in [0.1, 0.15) is 25.0 Å². The fraction of sp³-hybridized carbons (Fsp3) is 0.364. The molecule has 1 aromatic carbocycles. The molecule has 1 rings (SSSR count). The van der Waals surface area contributed by atoms with E-state index in [-0.39, 0.29) is 6.42 Å². The molecular formula is C11H12BrClO3. The van der Waals surface area contributed by atoms with Crippen molar-refractivity contribution in [3.05, 3.63) is 33.3 Å². The van der Waals surface area contributed by atoms with Gasteiger partial charge in [-0.25, -0.2) is 0 Å². The molecule has 0 aliphatic carbocycles. The van der Waals surface area contributed by atoms with Crippen molar-refractivity contribution in [2.45, 2.75) is 19.4 Å². The minimum absolute atomic E-state index is 0.176. The highest BCUT2D eigenvalue weighted by molar-refractivity contribution is 9.10. The normalized spacial score (nSPS) is 14.5. The summed E-state index contributed by atoms with van der Waals surface area (Å²) in [7, 11) is 0. The molecule has 0 amide bonds. The highest BCUT2D eigenvalue weighted by Gasteiger charge is 2.19. The van der Waals surface area contributed by atoms with E-state index in [1.165, 1.54) is 0 Å². The Hall–Kier alpha value is -0.580. The van der Waals surface area contributed by atoms with Gasteiger partial charge in [-0.15, -0.1) is 0 Å². The van der Waals surface area contributed by atoms with Gasteiger partial charge in [0.2, 0.25) is 0 Å². The lowest BCUT2D eigenvalue weighted by molar-refractivity contribution is -0.142. The lowest BCUT2D eigenvalue weighted by Gasteiger charge is -2.15. The van der Waals surface area contributed by atoms with Gasteiger partial charge in [0.05, 0.1) is 12.0 Å². The molecule has 0 radical (unpaired) electrons. The molecule has 2 unspecified atom stereocenters. The molecule has 5 heteroatoms. The third kappa shape index (κ3) is 3.47. The van der Waals surface area contributed by atoms with Crippen molar-refractivity contribution in [3.8, 4) is 0 Å². The molecule has 16 heavy (non-hydrogen) atoms. The van der Waals surface area contributed by atoms with Gasteiger partial charge in [0.25, 0.3) is 0 Å². The molecule has 2 N–H and O–H groups in total. The van der Waals surface area contributed by atoms with Crippen LogP contribution in [0.25, 0.3) is 0 Å². The van der Waals surface area contributed by atoms with Crippen LogP contribution in [0, 0.1) is 5.92 Å². The molecular weight excluding hydrogens is 295 g/mol. The maximum atomic E-state index is 10.7. The Labute approximate surface area is 107 Å². The number of carboxylic acid groups (broad SMARTS) is 1. The highest BCUT2D eigenvalue weighted by atomic mass is 79.9. The third-order valence-corrected chi connectivity index (χ3v) is 3.24. The average molecular weight is 308 g/mol. The van der Waals surface area contributed by atoms with Gasteiger partial charge < -0.3 is 10.2 Å². The van der Waals surface area contributed by atoms with E-state index < -0.39 is 18.0 Å². The van der Waals surface area contributed by atoms with Crippen molar-refractivity contribution in [2.75, 3.05) is 0 Å². The molecule has 1 aromatic rings. The summed E-state index contributed by atoms with van der Waals surface area (Å²) in [5.74, 6) is -1.50. The lowest BCUT2D eigenvalue weighted by Crippen LogP contribution is -2.13. The molecule has 0 bridgehead atoms. The van der Waals surface area contributed by atoms with Gasteiger partial charge >= 0.3 is 5.97 Å². The molecule has 0 heterocycles. The van der Waals surface area contributed by atoms with E-state index in [1.54, 1.807) is 25.1 Å². The van der Waals surface area contributed by atoms with Gasteiger partial charge in [0, 0.05) is 9.50 Å². The second-order valence-corrected chi connectivity index (χ2v) is 4.95. The minimum Gasteiger partial charge on any atom is -0.481 e. The van der Waals surface area contributed by atoms with E-state index in [0.29, 0.717) is 15.1 Å². The minimum atomic E-state index is -0.913. The first-order chi connectivity index (χ1) is 7.41. The molecule has 0 fully saturated rings. The number of aliphatic carboxylic acids is 1. The van der Waals surface area contributed by atoms with Crippen LogP contribution >= 0.6 is 27.5 Å². The van der Waals surface area contributed by atoms with Crippen molar-refractivity contribution in [1.29, 1.82) is 0 Å². The highest BCUT2D eigenvalue weighted by Crippen LogP contribution is 2.30. The Morgan fingerprint density at radius 2 is 2.19 bits per heavy atom. The van der Waals surface area contributed by atoms with Gasteiger partial charge in [0.1, 0.15) is 0 Å². The van der Waals surface area contributed by atoms with E-state index in [2.05, 4.69) is 15.9 Å². The van der Waals surface area contributed by atoms with Gasteiger partial charge in [-0.2, -0.15) is 0 Å². The third-order valence-electron chi connectivity index (χ3n) is 2.32. The molecule has 0 saturated carbocycles. The Balaban J connectivity index is 2.80. The summed E-state index contributed by atoms with van der Waals surface area (Å²) < 4.78 is 0.685. The molecule has 88 valence electrons. The summed E-state index contributed by atoms with van der Waals surface area (Å²) in [5.41, 5.74) is 0.650. The monoisotopic (exact) mass is 306 g/mol. The molecule has 2 atom stereocenters. The fourth-order valence-corrected chi connectivity index (χ4v) is 2.28. The average Bonchev–Trinajstić information content (AvgIpc) is 2.16. The van der Waals surface area contributed by atoms with Crippen LogP contribution in [-0.4, -0.2) is 16.2 Å². The van der Waals surface area contributed by atoms with Crippen molar-refractivity contribution < 1.29 is 15.0 Å². The fourth-order valence-electron chi connectivity index (χ4n) is 1.33. The smallest absolute Gasteiger partial charge is 0.306 e. The van der Waals surface area contributed by atoms with Crippen molar-refractivity contribution in [1.82, 2.24) is 0 Å². The summed E-state index contributed by atoms with van der Waals surface area (Å²) in [6.07, 6.45) is -0.631. The van der Waals surface area contributed by atoms with Crippen LogP contribution in [0.4, 0.5) is 0 Å². The number of carbonyl (C=O) groups is 1. The van der Waals surface area contributed by atoms with Crippen LogP contribution in [0.15, 0.2) is 22.7 Å². The summed E-state index contributed by atoms with van der Waals surface area (Å²) in [6.45, 7) is 1.56. The van der Waals surface area contributed by atoms with Gasteiger partial charge in [0.15, 0.2) is 0 Å². The molecule has 0 aliphatic heterocycles. The zero-order valence-electron chi connectivity index (χ0n) is 8.65. The number of carboxylic acids is 1. The van der Waals surface area contributed by atoms with E-state index >= 15 is 0 Å². The van der Waals surface area contributed by atoms with Crippen LogP contribution < -0.4 is 0 Å². The van der Waals surface area contributed by atoms with Crippen LogP contribution in [0.5, 0.6) is 0 Å². The van der Waals surface area contributed by atoms with Crippen LogP contribution in [0.3, 0.4) is 0 Å². The molecule has 0 aliphatic rings. The summed E-state index contributed by atoms with van der Waals surface area (Å²) in [5, 5.41) is 19.2. The topological polar surface area (TPSA) is 57.5 Å². The Kier molecular flexibility index (Phi) is 4.77. The van der Waals surface area contributed by atoms with Gasteiger partial charge in [-0.1, -0.05) is 40.5 Å². The number of hydrogen-bond acceptors (Lipinski definition) is 2. The number of aliphatic hydroxyl groups is 1. The van der Waals surface area contributed by atoms with E-state index in [4.69, 9.17) is 16.7 Å². The largest absolute Gasteiger partial charge is 0.481 e. The Morgan fingerprint density at radius 1 is 1.56 bits per heavy atom. The second kappa shape index (κ2) is 5.66. The van der Waals surface area contributed by atoms with Crippen molar-refractivity contribution >= 4 is 33.5 Å². The predicted molar refractivity (Wildman–Crippen MR) is 65.5 cm³/mol. The standard InChI is InChI=1S/C11H12BrClO3/c1-6(11(15)16)4-10(14)8-3-2-7(13)5-9(8)12/h2-3,5-6,10,14H,4H2,1H3,(H,15,16). The van der Waals surface area contributed by atoms with Crippen LogP contribution in [-0.2, 0) is 4.79 Å². The first-order valence-electron chi connectivity index (χ1n) is 4.77. The number of benzene rings is 1. The zero-order chi connectivity index (χ0) is 12.3. The van der Waals surface area contributed by atoms with Crippen molar-refractivity contribution in [2.24, 2.45) is 5.92 Å². The van der Waals surface area contributed by atoms with Crippen LogP contribution in [0.2, 0.25) is 5.02 Å².